The van der Waals surface area contributed by atoms with E-state index in [0.717, 1.165) is 25.6 Å². The highest BCUT2D eigenvalue weighted by Gasteiger charge is 2.23. The summed E-state index contributed by atoms with van der Waals surface area (Å²) in [5.74, 6) is 1.33. The number of likely N-dealkylation sites (tertiary alicyclic amines) is 1. The fourth-order valence-corrected chi connectivity index (χ4v) is 3.66. The Kier molecular flexibility index (Phi) is 9.77. The third kappa shape index (κ3) is 6.77. The molecule has 0 bridgehead atoms. The van der Waals surface area contributed by atoms with Gasteiger partial charge in [-0.15, -0.1) is 24.0 Å². The van der Waals surface area contributed by atoms with Gasteiger partial charge < -0.3 is 10.6 Å². The van der Waals surface area contributed by atoms with Gasteiger partial charge in [0.1, 0.15) is 0 Å². The van der Waals surface area contributed by atoms with Crippen LogP contribution in [0.2, 0.25) is 0 Å². The molecule has 2 unspecified atom stereocenters. The molecule has 0 aliphatic carbocycles. The van der Waals surface area contributed by atoms with Gasteiger partial charge in [0.15, 0.2) is 5.96 Å². The molecule has 1 aliphatic heterocycles. The molecule has 2 N–H and O–H groups in total. The van der Waals surface area contributed by atoms with Crippen LogP contribution in [-0.2, 0) is 6.54 Å². The maximum atomic E-state index is 4.40. The minimum atomic E-state index is 0. The molecule has 1 aliphatic rings. The second kappa shape index (κ2) is 12.1. The van der Waals surface area contributed by atoms with Gasteiger partial charge in [0, 0.05) is 39.1 Å². The van der Waals surface area contributed by atoms with Gasteiger partial charge in [-0.3, -0.25) is 14.6 Å². The molecule has 0 amide bonds. The van der Waals surface area contributed by atoms with E-state index in [0.29, 0.717) is 12.0 Å². The molecule has 2 atom stereocenters. The van der Waals surface area contributed by atoms with Gasteiger partial charge in [-0.1, -0.05) is 37.3 Å². The van der Waals surface area contributed by atoms with E-state index in [9.17, 15) is 0 Å². The van der Waals surface area contributed by atoms with Gasteiger partial charge >= 0.3 is 0 Å². The third-order valence-electron chi connectivity index (χ3n) is 5.13. The first-order chi connectivity index (χ1) is 13.3. The molecule has 0 spiro atoms. The van der Waals surface area contributed by atoms with Crippen LogP contribution in [0.25, 0.3) is 0 Å². The molecule has 2 aromatic rings. The van der Waals surface area contributed by atoms with Gasteiger partial charge in [0.05, 0.1) is 6.04 Å². The second-order valence-corrected chi connectivity index (χ2v) is 7.34. The van der Waals surface area contributed by atoms with Crippen LogP contribution in [0.4, 0.5) is 0 Å². The summed E-state index contributed by atoms with van der Waals surface area (Å²) in [5.41, 5.74) is 1.37. The molecular formula is C21H33IN6. The molecule has 28 heavy (non-hydrogen) atoms. The average Bonchev–Trinajstić information content (AvgIpc) is 3.39. The highest BCUT2D eigenvalue weighted by atomic mass is 127. The van der Waals surface area contributed by atoms with Crippen molar-refractivity contribution in [2.24, 2.45) is 10.9 Å². The van der Waals surface area contributed by atoms with E-state index in [1.165, 1.54) is 31.5 Å². The maximum Gasteiger partial charge on any atom is 0.191 e. The van der Waals surface area contributed by atoms with Gasteiger partial charge in [-0.2, -0.15) is 5.10 Å². The number of rotatable bonds is 8. The summed E-state index contributed by atoms with van der Waals surface area (Å²) in [7, 11) is 1.83. The van der Waals surface area contributed by atoms with Crippen LogP contribution in [0.5, 0.6) is 0 Å². The van der Waals surface area contributed by atoms with Gasteiger partial charge in [-0.05, 0) is 43.5 Å². The first-order valence-electron chi connectivity index (χ1n) is 9.97. The van der Waals surface area contributed by atoms with Gasteiger partial charge in [-0.25, -0.2) is 0 Å². The number of aliphatic imine (C=N–C) groups is 1. The summed E-state index contributed by atoms with van der Waals surface area (Å²) in [5, 5.41) is 11.3. The van der Waals surface area contributed by atoms with Crippen LogP contribution in [0, 0.1) is 5.92 Å². The predicted molar refractivity (Wildman–Crippen MR) is 126 cm³/mol. The molecule has 1 aromatic heterocycles. The average molecular weight is 496 g/mol. The van der Waals surface area contributed by atoms with Crippen LogP contribution in [0.15, 0.2) is 53.8 Å². The number of hydrogen-bond donors (Lipinski definition) is 2. The summed E-state index contributed by atoms with van der Waals surface area (Å²) in [4.78, 5) is 6.98. The molecule has 154 valence electrons. The molecule has 2 heterocycles. The molecule has 6 nitrogen and oxygen atoms in total. The Hall–Kier alpha value is -1.61. The Morgan fingerprint density at radius 2 is 1.82 bits per heavy atom. The van der Waals surface area contributed by atoms with Crippen LogP contribution in [-0.4, -0.2) is 53.9 Å². The predicted octanol–water partition coefficient (Wildman–Crippen LogP) is 3.14. The molecule has 0 radical (unpaired) electrons. The number of nitrogens with zero attached hydrogens (tertiary/aromatic N) is 4. The van der Waals surface area contributed by atoms with Gasteiger partial charge in [0.25, 0.3) is 0 Å². The lowest BCUT2D eigenvalue weighted by molar-refractivity contribution is 0.245. The highest BCUT2D eigenvalue weighted by Crippen LogP contribution is 2.24. The van der Waals surface area contributed by atoms with Crippen LogP contribution in [0.3, 0.4) is 0 Å². The fraction of sp³-hybridized carbons (Fsp3) is 0.524. The lowest BCUT2D eigenvalue weighted by atomic mass is 10.1. The Balaban J connectivity index is 0.00000280. The Morgan fingerprint density at radius 1 is 1.11 bits per heavy atom. The van der Waals surface area contributed by atoms with Crippen LogP contribution >= 0.6 is 24.0 Å². The van der Waals surface area contributed by atoms with Crippen molar-refractivity contribution in [1.82, 2.24) is 25.3 Å². The summed E-state index contributed by atoms with van der Waals surface area (Å²) < 4.78 is 1.97. The van der Waals surface area contributed by atoms with E-state index in [1.54, 1.807) is 0 Å². The van der Waals surface area contributed by atoms with Crippen LogP contribution < -0.4 is 10.6 Å². The number of nitrogens with one attached hydrogen (secondary N) is 2. The van der Waals surface area contributed by atoms with Crippen LogP contribution in [0.1, 0.15) is 31.4 Å². The zero-order valence-corrected chi connectivity index (χ0v) is 19.3. The number of benzene rings is 1. The zero-order chi connectivity index (χ0) is 18.9. The summed E-state index contributed by atoms with van der Waals surface area (Å²) in [6, 6.07) is 13.1. The quantitative estimate of drug-likeness (QED) is 0.335. The standard InChI is InChI=1S/C21H32N6.HI/c1-18(17-27-14-8-11-25-27)15-23-21(22-2)24-16-20(26-12-6-7-13-26)19-9-4-3-5-10-19;/h3-5,8-11,14,18,20H,6-7,12-13,15-17H2,1-2H3,(H2,22,23,24);1H. The van der Waals surface area contributed by atoms with E-state index in [1.807, 2.05) is 30.2 Å². The van der Waals surface area contributed by atoms with Crippen molar-refractivity contribution in [1.29, 1.82) is 0 Å². The molecule has 1 saturated heterocycles. The molecule has 7 heteroatoms. The normalized spacial score (nSPS) is 17.0. The first-order valence-corrected chi connectivity index (χ1v) is 9.97. The molecule has 3 rings (SSSR count). The van der Waals surface area contributed by atoms with Crippen molar-refractivity contribution >= 4 is 29.9 Å². The van der Waals surface area contributed by atoms with E-state index in [-0.39, 0.29) is 24.0 Å². The molecular weight excluding hydrogens is 463 g/mol. The van der Waals surface area contributed by atoms with Crippen molar-refractivity contribution in [3.05, 3.63) is 54.4 Å². The Morgan fingerprint density at radius 3 is 2.46 bits per heavy atom. The van der Waals surface area contributed by atoms with Crippen molar-refractivity contribution in [2.45, 2.75) is 32.4 Å². The summed E-state index contributed by atoms with van der Waals surface area (Å²) >= 11 is 0. The highest BCUT2D eigenvalue weighted by molar-refractivity contribution is 14.0. The Bertz CT molecular complexity index is 682. The van der Waals surface area contributed by atoms with E-state index in [4.69, 9.17) is 0 Å². The minimum absolute atomic E-state index is 0. The number of guanidine groups is 1. The van der Waals surface area contributed by atoms with Crippen molar-refractivity contribution in [2.75, 3.05) is 33.2 Å². The second-order valence-electron chi connectivity index (χ2n) is 7.34. The SMILES string of the molecule is CN=C(NCC(C)Cn1cccn1)NCC(c1ccccc1)N1CCCC1.I. The topological polar surface area (TPSA) is 57.5 Å². The van der Waals surface area contributed by atoms with E-state index >= 15 is 0 Å². The first kappa shape index (κ1) is 22.7. The summed E-state index contributed by atoms with van der Waals surface area (Å²) in [6.45, 7) is 7.19. The number of aromatic nitrogens is 2. The number of halogens is 1. The van der Waals surface area contributed by atoms with E-state index < -0.39 is 0 Å². The fourth-order valence-electron chi connectivity index (χ4n) is 3.66. The smallest absolute Gasteiger partial charge is 0.191 e. The number of hydrogen-bond acceptors (Lipinski definition) is 3. The largest absolute Gasteiger partial charge is 0.356 e. The molecule has 1 fully saturated rings. The van der Waals surface area contributed by atoms with Crippen molar-refractivity contribution < 1.29 is 0 Å². The van der Waals surface area contributed by atoms with E-state index in [2.05, 4.69) is 62.9 Å². The molecule has 0 saturated carbocycles. The molecule has 1 aromatic carbocycles. The Labute approximate surface area is 185 Å². The summed E-state index contributed by atoms with van der Waals surface area (Å²) in [6.07, 6.45) is 6.41. The minimum Gasteiger partial charge on any atom is -0.356 e. The maximum absolute atomic E-state index is 4.40. The van der Waals surface area contributed by atoms with Crippen molar-refractivity contribution in [3.8, 4) is 0 Å². The lowest BCUT2D eigenvalue weighted by Crippen LogP contribution is -2.44. The van der Waals surface area contributed by atoms with Crippen molar-refractivity contribution in [3.63, 3.8) is 0 Å². The lowest BCUT2D eigenvalue weighted by Gasteiger charge is -2.29. The third-order valence-corrected chi connectivity index (χ3v) is 5.13. The zero-order valence-electron chi connectivity index (χ0n) is 16.9. The monoisotopic (exact) mass is 496 g/mol. The van der Waals surface area contributed by atoms with Gasteiger partial charge in [0.2, 0.25) is 0 Å².